The first kappa shape index (κ1) is 9.02. The van der Waals surface area contributed by atoms with Crippen LogP contribution in [0.25, 0.3) is 0 Å². The zero-order valence-corrected chi connectivity index (χ0v) is 8.28. The molecule has 1 aromatic heterocycles. The topological polar surface area (TPSA) is 60.2 Å². The maximum atomic E-state index is 10.5. The number of rotatable bonds is 2. The second kappa shape index (κ2) is 3.12. The van der Waals surface area contributed by atoms with E-state index in [2.05, 4.69) is 25.6 Å². The number of halogens is 2. The molecule has 0 aliphatic heterocycles. The minimum atomic E-state index is -3.55. The van der Waals surface area contributed by atoms with Gasteiger partial charge in [0.05, 0.1) is 0 Å². The van der Waals surface area contributed by atoms with Crippen LogP contribution < -0.4 is 0 Å². The van der Waals surface area contributed by atoms with E-state index >= 15 is 0 Å². The van der Waals surface area contributed by atoms with Crippen LogP contribution in [0.15, 0.2) is 15.2 Å². The molecule has 0 unspecified atom stereocenters. The van der Waals surface area contributed by atoms with E-state index in [1.165, 1.54) is 6.07 Å². The van der Waals surface area contributed by atoms with Crippen LogP contribution in [0.2, 0.25) is 0 Å². The van der Waals surface area contributed by atoms with Gasteiger partial charge in [-0.15, -0.1) is 0 Å². The third-order valence-corrected chi connectivity index (χ3v) is 2.18. The molecule has 62 valence electrons. The number of aromatic nitrogens is 1. The molecular weight excluding hydrogens is 257 g/mol. The van der Waals surface area contributed by atoms with Gasteiger partial charge < -0.3 is 4.52 Å². The highest BCUT2D eigenvalue weighted by Crippen LogP contribution is 2.14. The highest BCUT2D eigenvalue weighted by Gasteiger charge is 2.11. The lowest BCUT2D eigenvalue weighted by molar-refractivity contribution is 0.390. The van der Waals surface area contributed by atoms with Crippen molar-refractivity contribution in [3.8, 4) is 0 Å². The summed E-state index contributed by atoms with van der Waals surface area (Å²) in [6.07, 6.45) is 0. The van der Waals surface area contributed by atoms with E-state index in [0.29, 0.717) is 4.60 Å². The fourth-order valence-electron chi connectivity index (χ4n) is 0.526. The second-order valence-corrected chi connectivity index (χ2v) is 5.39. The van der Waals surface area contributed by atoms with Gasteiger partial charge in [0.25, 0.3) is 0 Å². The van der Waals surface area contributed by atoms with Gasteiger partial charge in [-0.3, -0.25) is 0 Å². The van der Waals surface area contributed by atoms with E-state index in [-0.39, 0.29) is 11.5 Å². The summed E-state index contributed by atoms with van der Waals surface area (Å²) in [5, 5.41) is 3.42. The molecule has 11 heavy (non-hydrogen) atoms. The highest BCUT2D eigenvalue weighted by molar-refractivity contribution is 9.10. The maximum absolute atomic E-state index is 10.5. The molecule has 0 N–H and O–H groups in total. The number of hydrogen-bond acceptors (Lipinski definition) is 4. The van der Waals surface area contributed by atoms with E-state index in [1.807, 2.05) is 0 Å². The zero-order chi connectivity index (χ0) is 8.48. The quantitative estimate of drug-likeness (QED) is 0.756. The highest BCUT2D eigenvalue weighted by atomic mass is 79.9. The summed E-state index contributed by atoms with van der Waals surface area (Å²) in [6.45, 7) is 0. The first-order chi connectivity index (χ1) is 4.97. The molecule has 0 radical (unpaired) electrons. The van der Waals surface area contributed by atoms with E-state index in [9.17, 15) is 8.42 Å². The van der Waals surface area contributed by atoms with Crippen molar-refractivity contribution in [3.05, 3.63) is 16.4 Å². The van der Waals surface area contributed by atoms with Crippen molar-refractivity contribution in [1.29, 1.82) is 0 Å². The Morgan fingerprint density at radius 3 is 2.73 bits per heavy atom. The van der Waals surface area contributed by atoms with Gasteiger partial charge in [0.1, 0.15) is 10.4 Å². The predicted molar refractivity (Wildman–Crippen MR) is 42.7 cm³/mol. The second-order valence-electron chi connectivity index (χ2n) is 1.80. The Hall–Kier alpha value is -0.0700. The maximum Gasteiger partial charge on any atom is 0.239 e. The SMILES string of the molecule is O=S(=O)(Cl)Cc1cc(Br)no1. The Morgan fingerprint density at radius 1 is 1.73 bits per heavy atom. The van der Waals surface area contributed by atoms with E-state index in [4.69, 9.17) is 10.7 Å². The molecule has 0 fully saturated rings. The minimum Gasteiger partial charge on any atom is -0.359 e. The molecule has 0 aliphatic carbocycles. The molecular formula is C4H3BrClNO3S. The van der Waals surface area contributed by atoms with Gasteiger partial charge >= 0.3 is 0 Å². The molecule has 1 aromatic rings. The van der Waals surface area contributed by atoms with Gasteiger partial charge in [-0.25, -0.2) is 8.42 Å². The molecule has 4 nitrogen and oxygen atoms in total. The Labute approximate surface area is 76.1 Å². The lowest BCUT2D eigenvalue weighted by atomic mass is 10.5. The molecule has 1 rings (SSSR count). The van der Waals surface area contributed by atoms with Gasteiger partial charge in [0.2, 0.25) is 9.05 Å². The average molecular weight is 260 g/mol. The molecule has 0 amide bonds. The summed E-state index contributed by atoms with van der Waals surface area (Å²) in [5.41, 5.74) is 0. The minimum absolute atomic E-state index is 0.215. The summed E-state index contributed by atoms with van der Waals surface area (Å²) < 4.78 is 26.0. The number of nitrogens with zero attached hydrogens (tertiary/aromatic N) is 1. The summed E-state index contributed by atoms with van der Waals surface area (Å²) in [5.74, 6) is -0.125. The van der Waals surface area contributed by atoms with Crippen LogP contribution in [0, 0.1) is 0 Å². The largest absolute Gasteiger partial charge is 0.359 e. The normalized spacial score (nSPS) is 11.8. The lowest BCUT2D eigenvalue weighted by Crippen LogP contribution is -1.92. The zero-order valence-electron chi connectivity index (χ0n) is 5.12. The van der Waals surface area contributed by atoms with Crippen LogP contribution in [0.5, 0.6) is 0 Å². The standard InChI is InChI=1S/C4H3BrClNO3S/c5-4-1-3(10-7-4)2-11(6,8)9/h1H,2H2. The van der Waals surface area contributed by atoms with Crippen LogP contribution >= 0.6 is 26.6 Å². The van der Waals surface area contributed by atoms with Crippen molar-refractivity contribution in [3.63, 3.8) is 0 Å². The molecule has 0 atom stereocenters. The molecule has 0 aliphatic rings. The van der Waals surface area contributed by atoms with Crippen LogP contribution in [0.1, 0.15) is 5.76 Å². The summed E-state index contributed by atoms with van der Waals surface area (Å²) in [7, 11) is 1.40. The Bertz CT molecular complexity index is 346. The smallest absolute Gasteiger partial charge is 0.239 e. The molecule has 1 heterocycles. The van der Waals surface area contributed by atoms with Crippen molar-refractivity contribution in [2.75, 3.05) is 0 Å². The molecule has 0 bridgehead atoms. The van der Waals surface area contributed by atoms with Crippen LogP contribution in [-0.2, 0) is 14.8 Å². The fraction of sp³-hybridized carbons (Fsp3) is 0.250. The average Bonchev–Trinajstić information content (AvgIpc) is 2.10. The van der Waals surface area contributed by atoms with Gasteiger partial charge in [0, 0.05) is 16.7 Å². The van der Waals surface area contributed by atoms with Gasteiger partial charge in [-0.05, 0) is 15.9 Å². The van der Waals surface area contributed by atoms with Crippen molar-refractivity contribution in [1.82, 2.24) is 5.16 Å². The Balaban J connectivity index is 2.81. The predicted octanol–water partition coefficient (Wildman–Crippen LogP) is 1.51. The van der Waals surface area contributed by atoms with Crippen molar-refractivity contribution >= 4 is 35.7 Å². The molecule has 0 aromatic carbocycles. The summed E-state index contributed by atoms with van der Waals surface area (Å²) >= 11 is 3.00. The molecule has 0 saturated carbocycles. The summed E-state index contributed by atoms with van der Waals surface area (Å²) in [6, 6.07) is 1.44. The summed E-state index contributed by atoms with van der Waals surface area (Å²) in [4.78, 5) is 0. The van der Waals surface area contributed by atoms with Crippen LogP contribution in [0.3, 0.4) is 0 Å². The van der Waals surface area contributed by atoms with Crippen molar-refractivity contribution in [2.45, 2.75) is 5.75 Å². The van der Waals surface area contributed by atoms with E-state index in [1.54, 1.807) is 0 Å². The Kier molecular flexibility index (Phi) is 2.56. The van der Waals surface area contributed by atoms with Gasteiger partial charge in [-0.2, -0.15) is 0 Å². The monoisotopic (exact) mass is 259 g/mol. The van der Waals surface area contributed by atoms with Crippen molar-refractivity contribution in [2.24, 2.45) is 0 Å². The first-order valence-corrected chi connectivity index (χ1v) is 5.78. The van der Waals surface area contributed by atoms with Crippen molar-refractivity contribution < 1.29 is 12.9 Å². The van der Waals surface area contributed by atoms with Gasteiger partial charge in [0.15, 0.2) is 5.76 Å². The third kappa shape index (κ3) is 3.22. The van der Waals surface area contributed by atoms with Crippen LogP contribution in [-0.4, -0.2) is 13.6 Å². The van der Waals surface area contributed by atoms with E-state index in [0.717, 1.165) is 0 Å². The lowest BCUT2D eigenvalue weighted by Gasteiger charge is -1.86. The Morgan fingerprint density at radius 2 is 2.36 bits per heavy atom. The molecule has 7 heteroatoms. The van der Waals surface area contributed by atoms with Crippen LogP contribution in [0.4, 0.5) is 0 Å². The van der Waals surface area contributed by atoms with E-state index < -0.39 is 9.05 Å². The fourth-order valence-corrected chi connectivity index (χ4v) is 1.65. The molecule has 0 saturated heterocycles. The van der Waals surface area contributed by atoms with Gasteiger partial charge in [-0.1, -0.05) is 5.16 Å². The third-order valence-electron chi connectivity index (χ3n) is 0.845. The molecule has 0 spiro atoms. The first-order valence-electron chi connectivity index (χ1n) is 2.51. The number of hydrogen-bond donors (Lipinski definition) is 0.